The van der Waals surface area contributed by atoms with Crippen molar-refractivity contribution in [3.8, 4) is 0 Å². The van der Waals surface area contributed by atoms with Crippen molar-refractivity contribution >= 4 is 34.4 Å². The largest absolute Gasteiger partial charge is 0.543 e. The van der Waals surface area contributed by atoms with E-state index >= 15 is 0 Å². The molecule has 6 nitrogen and oxygen atoms in total. The van der Waals surface area contributed by atoms with E-state index in [-0.39, 0.29) is 24.1 Å². The molecule has 1 amide bonds. The van der Waals surface area contributed by atoms with Gasteiger partial charge in [-0.2, -0.15) is 0 Å². The Labute approximate surface area is 137 Å². The van der Waals surface area contributed by atoms with Crippen molar-refractivity contribution in [2.45, 2.75) is 25.4 Å². The lowest BCUT2D eigenvalue weighted by Gasteiger charge is -2.11. The number of carbonyl (C=O) groups is 2. The van der Waals surface area contributed by atoms with Crippen LogP contribution in [-0.4, -0.2) is 36.1 Å². The molecule has 1 aromatic carbocycles. The molecular formula is C16H16ClN2O4-. The summed E-state index contributed by atoms with van der Waals surface area (Å²) in [4.78, 5) is 26.2. The fourth-order valence-corrected chi connectivity index (χ4v) is 3.01. The zero-order valence-corrected chi connectivity index (χ0v) is 13.1. The van der Waals surface area contributed by atoms with Crippen LogP contribution < -0.4 is 10.4 Å². The second-order valence-corrected chi connectivity index (χ2v) is 6.01. The number of aromatic carboxylic acids is 1. The lowest BCUT2D eigenvalue weighted by molar-refractivity contribution is -0.255. The van der Waals surface area contributed by atoms with Crippen LogP contribution in [0.4, 0.5) is 0 Å². The summed E-state index contributed by atoms with van der Waals surface area (Å²) in [6.07, 6.45) is 1.90. The number of nitrogens with one attached hydrogen (secondary N) is 2. The van der Waals surface area contributed by atoms with Gasteiger partial charge >= 0.3 is 0 Å². The number of carbonyl (C=O) groups excluding carboxylic acids is 2. The highest BCUT2D eigenvalue weighted by Crippen LogP contribution is 2.26. The zero-order chi connectivity index (χ0) is 16.4. The first-order valence-electron chi connectivity index (χ1n) is 7.44. The van der Waals surface area contributed by atoms with Crippen LogP contribution in [0.3, 0.4) is 0 Å². The second-order valence-electron chi connectivity index (χ2n) is 5.57. The average molecular weight is 336 g/mol. The van der Waals surface area contributed by atoms with Gasteiger partial charge in [-0.3, -0.25) is 4.79 Å². The number of carboxylic acid groups (broad SMARTS) is 1. The number of hydrogen-bond donors (Lipinski definition) is 2. The molecule has 1 saturated heterocycles. The monoisotopic (exact) mass is 335 g/mol. The molecule has 0 spiro atoms. The number of benzene rings is 1. The van der Waals surface area contributed by atoms with Gasteiger partial charge in [-0.15, -0.1) is 0 Å². The molecule has 1 aliphatic rings. The standard InChI is InChI=1S/C16H17ClN2O4/c17-9-3-4-13-11(6-9)12(15(19-13)16(21)22)7-14(20)18-8-10-2-1-5-23-10/h3-4,6,10,19H,1-2,5,7-8H2,(H,18,20)(H,21,22)/p-1. The van der Waals surface area contributed by atoms with Crippen molar-refractivity contribution in [3.05, 3.63) is 34.5 Å². The Kier molecular flexibility index (Phi) is 4.54. The molecule has 0 aliphatic carbocycles. The molecule has 0 bridgehead atoms. The molecule has 0 radical (unpaired) electrons. The Morgan fingerprint density at radius 3 is 2.96 bits per heavy atom. The number of H-pyrrole nitrogens is 1. The van der Waals surface area contributed by atoms with Crippen LogP contribution in [0.5, 0.6) is 0 Å². The van der Waals surface area contributed by atoms with Crippen molar-refractivity contribution in [1.29, 1.82) is 0 Å². The first-order valence-corrected chi connectivity index (χ1v) is 7.82. The topological polar surface area (TPSA) is 94.3 Å². The van der Waals surface area contributed by atoms with Gasteiger partial charge in [0.1, 0.15) is 0 Å². The fourth-order valence-electron chi connectivity index (χ4n) is 2.83. The lowest BCUT2D eigenvalue weighted by atomic mass is 10.1. The van der Waals surface area contributed by atoms with Crippen LogP contribution >= 0.6 is 11.6 Å². The minimum absolute atomic E-state index is 0.0389. The smallest absolute Gasteiger partial charge is 0.224 e. The van der Waals surface area contributed by atoms with Gasteiger partial charge in [-0.05, 0) is 36.6 Å². The van der Waals surface area contributed by atoms with Gasteiger partial charge in [-0.1, -0.05) is 11.6 Å². The van der Waals surface area contributed by atoms with Crippen molar-refractivity contribution in [3.63, 3.8) is 0 Å². The molecular weight excluding hydrogens is 320 g/mol. The van der Waals surface area contributed by atoms with Crippen LogP contribution in [0, 0.1) is 0 Å². The van der Waals surface area contributed by atoms with Crippen molar-refractivity contribution in [2.24, 2.45) is 0 Å². The highest BCUT2D eigenvalue weighted by molar-refractivity contribution is 6.31. The van der Waals surface area contributed by atoms with E-state index in [4.69, 9.17) is 16.3 Å². The molecule has 3 rings (SSSR count). The van der Waals surface area contributed by atoms with Crippen LogP contribution in [0.2, 0.25) is 5.02 Å². The summed E-state index contributed by atoms with van der Waals surface area (Å²) in [5.41, 5.74) is 0.900. The summed E-state index contributed by atoms with van der Waals surface area (Å²) in [6, 6.07) is 4.97. The van der Waals surface area contributed by atoms with Crippen LogP contribution in [0.1, 0.15) is 28.9 Å². The molecule has 23 heavy (non-hydrogen) atoms. The minimum Gasteiger partial charge on any atom is -0.543 e. The number of carboxylic acids is 1. The van der Waals surface area contributed by atoms with Crippen LogP contribution in [0.25, 0.3) is 10.9 Å². The number of rotatable bonds is 5. The molecule has 1 aliphatic heterocycles. The number of ether oxygens (including phenoxy) is 1. The Bertz CT molecular complexity index is 750. The molecule has 122 valence electrons. The van der Waals surface area contributed by atoms with Gasteiger partial charge in [0.15, 0.2) is 0 Å². The van der Waals surface area contributed by atoms with E-state index in [2.05, 4.69) is 10.3 Å². The van der Waals surface area contributed by atoms with E-state index in [0.29, 0.717) is 28.0 Å². The number of aromatic nitrogens is 1. The predicted octanol–water partition coefficient (Wildman–Crippen LogP) is 1.02. The summed E-state index contributed by atoms with van der Waals surface area (Å²) < 4.78 is 5.44. The van der Waals surface area contributed by atoms with E-state index in [1.165, 1.54) is 0 Å². The third kappa shape index (κ3) is 3.48. The normalized spacial score (nSPS) is 17.5. The quantitative estimate of drug-likeness (QED) is 0.853. The molecule has 2 heterocycles. The number of hydrogen-bond acceptors (Lipinski definition) is 4. The first-order chi connectivity index (χ1) is 11.0. The van der Waals surface area contributed by atoms with E-state index < -0.39 is 5.97 Å². The molecule has 1 aromatic heterocycles. The Balaban J connectivity index is 1.79. The minimum atomic E-state index is -1.35. The van der Waals surface area contributed by atoms with Crippen molar-refractivity contribution < 1.29 is 19.4 Å². The predicted molar refractivity (Wildman–Crippen MR) is 83.3 cm³/mol. The van der Waals surface area contributed by atoms with E-state index in [1.54, 1.807) is 18.2 Å². The van der Waals surface area contributed by atoms with Gasteiger partial charge in [0, 0.05) is 29.1 Å². The summed E-state index contributed by atoms with van der Waals surface area (Å²) in [7, 11) is 0. The molecule has 2 N–H and O–H groups in total. The third-order valence-electron chi connectivity index (χ3n) is 3.96. The van der Waals surface area contributed by atoms with Crippen molar-refractivity contribution in [1.82, 2.24) is 10.3 Å². The van der Waals surface area contributed by atoms with Gasteiger partial charge in [0.05, 0.1) is 24.2 Å². The average Bonchev–Trinajstić information content (AvgIpc) is 3.13. The number of halogens is 1. The summed E-state index contributed by atoms with van der Waals surface area (Å²) in [5.74, 6) is -1.61. The fraction of sp³-hybridized carbons (Fsp3) is 0.375. The maximum absolute atomic E-state index is 12.1. The molecule has 1 unspecified atom stereocenters. The molecule has 1 atom stereocenters. The van der Waals surface area contributed by atoms with Gasteiger partial charge in [0.2, 0.25) is 5.91 Å². The number of amides is 1. The molecule has 7 heteroatoms. The Morgan fingerprint density at radius 1 is 1.43 bits per heavy atom. The Morgan fingerprint density at radius 2 is 2.26 bits per heavy atom. The first kappa shape index (κ1) is 15.8. The summed E-state index contributed by atoms with van der Waals surface area (Å²) in [6.45, 7) is 1.15. The molecule has 0 saturated carbocycles. The van der Waals surface area contributed by atoms with E-state index in [9.17, 15) is 14.7 Å². The van der Waals surface area contributed by atoms with E-state index in [0.717, 1.165) is 19.4 Å². The highest BCUT2D eigenvalue weighted by atomic mass is 35.5. The Hall–Kier alpha value is -2.05. The number of aromatic amines is 1. The number of fused-ring (bicyclic) bond motifs is 1. The van der Waals surface area contributed by atoms with E-state index in [1.807, 2.05) is 0 Å². The maximum atomic E-state index is 12.1. The second kappa shape index (κ2) is 6.60. The summed E-state index contributed by atoms with van der Waals surface area (Å²) >= 11 is 5.97. The summed E-state index contributed by atoms with van der Waals surface area (Å²) in [5, 5.41) is 15.2. The van der Waals surface area contributed by atoms with Gasteiger partial charge in [-0.25, -0.2) is 0 Å². The zero-order valence-electron chi connectivity index (χ0n) is 12.4. The molecule has 1 fully saturated rings. The molecule has 2 aromatic rings. The third-order valence-corrected chi connectivity index (χ3v) is 4.20. The highest BCUT2D eigenvalue weighted by Gasteiger charge is 2.19. The lowest BCUT2D eigenvalue weighted by Crippen LogP contribution is -2.33. The van der Waals surface area contributed by atoms with Gasteiger partial charge in [0.25, 0.3) is 0 Å². The maximum Gasteiger partial charge on any atom is 0.224 e. The SMILES string of the molecule is O=C(Cc1c(C(=O)[O-])[nH]c2ccc(Cl)cc12)NCC1CCCO1. The van der Waals surface area contributed by atoms with Crippen LogP contribution in [-0.2, 0) is 16.0 Å². The van der Waals surface area contributed by atoms with Gasteiger partial charge < -0.3 is 24.9 Å². The van der Waals surface area contributed by atoms with Crippen molar-refractivity contribution in [2.75, 3.05) is 13.2 Å². The van der Waals surface area contributed by atoms with Crippen LogP contribution in [0.15, 0.2) is 18.2 Å².